The van der Waals surface area contributed by atoms with Gasteiger partial charge in [0.25, 0.3) is 0 Å². The number of hydrogen-bond acceptors (Lipinski definition) is 13. The first kappa shape index (κ1) is 82.8. The summed E-state index contributed by atoms with van der Waals surface area (Å²) in [5, 5.41) is 87.6. The first-order valence-electron chi connectivity index (χ1n) is 37.9. The van der Waals surface area contributed by atoms with Crippen molar-refractivity contribution in [2.45, 2.75) is 434 Å². The third kappa shape index (κ3) is 42.9. The molecular weight excluding hydrogens is 1110 g/mol. The molecule has 0 aliphatic carbocycles. The Morgan fingerprint density at radius 3 is 1.05 bits per heavy atom. The molecule has 0 aromatic rings. The van der Waals surface area contributed by atoms with Crippen LogP contribution in [0.5, 0.6) is 0 Å². The minimum absolute atomic E-state index is 0.230. The van der Waals surface area contributed by atoms with E-state index in [1.54, 1.807) is 6.08 Å². The Labute approximate surface area is 539 Å². The number of unbranched alkanes of at least 4 members (excludes halogenated alkanes) is 51. The molecule has 2 aliphatic heterocycles. The SMILES string of the molecule is CCCCCCCCCCCCCCCCCCCCCCCCCCCCCCCC/C=C/C(O)C(COC1OC(CO)C(OC2OC(CO)C(O)C(O)C2O)C(O)C1O)NC(=O)CCCCCCCCCCCCCCCCCCCCCCCC. The van der Waals surface area contributed by atoms with Gasteiger partial charge in [-0.2, -0.15) is 0 Å². The number of amides is 1. The van der Waals surface area contributed by atoms with Crippen LogP contribution in [0.15, 0.2) is 12.2 Å². The van der Waals surface area contributed by atoms with Crippen molar-refractivity contribution in [2.75, 3.05) is 19.8 Å². The highest BCUT2D eigenvalue weighted by Crippen LogP contribution is 2.30. The van der Waals surface area contributed by atoms with Crippen molar-refractivity contribution >= 4 is 5.91 Å². The van der Waals surface area contributed by atoms with Crippen LogP contribution in [0.25, 0.3) is 0 Å². The zero-order valence-corrected chi connectivity index (χ0v) is 57.0. The van der Waals surface area contributed by atoms with Crippen LogP contribution in [-0.4, -0.2) is 140 Å². The highest BCUT2D eigenvalue weighted by atomic mass is 16.7. The molecule has 0 spiro atoms. The summed E-state index contributed by atoms with van der Waals surface area (Å²) in [5.41, 5.74) is 0. The van der Waals surface area contributed by atoms with Gasteiger partial charge in [-0.1, -0.05) is 347 Å². The highest BCUT2D eigenvalue weighted by Gasteiger charge is 2.51. The summed E-state index contributed by atoms with van der Waals surface area (Å²) >= 11 is 0. The van der Waals surface area contributed by atoms with Gasteiger partial charge in [-0.15, -0.1) is 0 Å². The quantitative estimate of drug-likeness (QED) is 0.0204. The number of nitrogens with one attached hydrogen (secondary N) is 1. The van der Waals surface area contributed by atoms with Crippen LogP contribution in [0.1, 0.15) is 361 Å². The Morgan fingerprint density at radius 1 is 0.398 bits per heavy atom. The van der Waals surface area contributed by atoms with E-state index in [1.807, 2.05) is 6.08 Å². The van der Waals surface area contributed by atoms with Crippen LogP contribution in [-0.2, 0) is 23.7 Å². The van der Waals surface area contributed by atoms with Gasteiger partial charge in [0.15, 0.2) is 12.6 Å². The molecule has 2 heterocycles. The van der Waals surface area contributed by atoms with E-state index in [2.05, 4.69) is 19.2 Å². The number of aliphatic hydroxyl groups excluding tert-OH is 8. The summed E-state index contributed by atoms with van der Waals surface area (Å²) in [6.45, 7) is 2.87. The van der Waals surface area contributed by atoms with Crippen LogP contribution in [0.4, 0.5) is 0 Å². The molecule has 9 N–H and O–H groups in total. The Hall–Kier alpha value is -1.27. The maximum absolute atomic E-state index is 13.3. The van der Waals surface area contributed by atoms with Gasteiger partial charge in [0.1, 0.15) is 48.8 Å². The van der Waals surface area contributed by atoms with Crippen LogP contribution in [0.3, 0.4) is 0 Å². The molecule has 88 heavy (non-hydrogen) atoms. The molecule has 522 valence electrons. The summed E-state index contributed by atoms with van der Waals surface area (Å²) in [7, 11) is 0. The standard InChI is InChI=1S/C74H143NO13/c1-3-5-7-9-11-13-15-17-19-21-23-25-27-28-29-30-31-32-33-34-35-36-37-39-41-43-45-47-49-51-53-55-57-63(78)62(61-85-73-71(84)69(82)72(65(60-77)87-73)88-74-70(83)68(81)67(80)64(59-76)86-74)75-66(79)58-56-54-52-50-48-46-44-42-40-38-26-24-22-20-18-16-14-12-10-8-6-4-2/h55,57,62-65,67-74,76-78,80-84H,3-54,56,58-61H2,1-2H3,(H,75,79)/b57-55+. The average molecular weight is 1250 g/mol. The molecule has 0 aromatic carbocycles. The fraction of sp³-hybridized carbons (Fsp3) is 0.959. The van der Waals surface area contributed by atoms with E-state index in [1.165, 1.54) is 295 Å². The van der Waals surface area contributed by atoms with E-state index in [9.17, 15) is 45.6 Å². The predicted octanol–water partition coefficient (Wildman–Crippen LogP) is 16.1. The molecule has 12 atom stereocenters. The summed E-state index contributed by atoms with van der Waals surface area (Å²) in [4.78, 5) is 13.3. The molecule has 12 unspecified atom stereocenters. The second-order valence-corrected chi connectivity index (χ2v) is 27.1. The number of carbonyl (C=O) groups is 1. The molecule has 2 fully saturated rings. The number of carbonyl (C=O) groups excluding carboxylic acids is 1. The van der Waals surface area contributed by atoms with Gasteiger partial charge < -0.3 is 65.1 Å². The molecule has 0 bridgehead atoms. The molecule has 0 radical (unpaired) electrons. The first-order chi connectivity index (χ1) is 43.1. The van der Waals surface area contributed by atoms with Gasteiger partial charge in [-0.25, -0.2) is 0 Å². The maximum atomic E-state index is 13.3. The van der Waals surface area contributed by atoms with Crippen molar-refractivity contribution < 1.29 is 64.6 Å². The van der Waals surface area contributed by atoms with Crippen LogP contribution < -0.4 is 5.32 Å². The monoisotopic (exact) mass is 1250 g/mol. The third-order valence-electron chi connectivity index (χ3n) is 19.0. The number of rotatable bonds is 64. The van der Waals surface area contributed by atoms with Crippen molar-refractivity contribution in [1.82, 2.24) is 5.32 Å². The Kier molecular flexibility index (Phi) is 56.0. The zero-order valence-electron chi connectivity index (χ0n) is 57.0. The van der Waals surface area contributed by atoms with Gasteiger partial charge in [-0.05, 0) is 19.3 Å². The van der Waals surface area contributed by atoms with Crippen molar-refractivity contribution in [3.8, 4) is 0 Å². The Balaban J connectivity index is 1.63. The van der Waals surface area contributed by atoms with Crippen molar-refractivity contribution in [3.63, 3.8) is 0 Å². The summed E-state index contributed by atoms with van der Waals surface area (Å²) in [5.74, 6) is -0.230. The lowest BCUT2D eigenvalue weighted by molar-refractivity contribution is -0.359. The lowest BCUT2D eigenvalue weighted by atomic mass is 9.97. The van der Waals surface area contributed by atoms with Gasteiger partial charge >= 0.3 is 0 Å². The lowest BCUT2D eigenvalue weighted by Gasteiger charge is -2.46. The fourth-order valence-corrected chi connectivity index (χ4v) is 12.9. The molecule has 2 aliphatic rings. The van der Waals surface area contributed by atoms with E-state index in [0.717, 1.165) is 38.5 Å². The third-order valence-corrected chi connectivity index (χ3v) is 19.0. The molecule has 0 aromatic heterocycles. The zero-order chi connectivity index (χ0) is 63.8. The Morgan fingerprint density at radius 2 is 0.705 bits per heavy atom. The smallest absolute Gasteiger partial charge is 0.220 e. The fourth-order valence-electron chi connectivity index (χ4n) is 12.9. The molecule has 0 saturated carbocycles. The van der Waals surface area contributed by atoms with E-state index in [0.29, 0.717) is 6.42 Å². The summed E-state index contributed by atoms with van der Waals surface area (Å²) in [6.07, 6.45) is 57.1. The van der Waals surface area contributed by atoms with Crippen LogP contribution in [0, 0.1) is 0 Å². The largest absolute Gasteiger partial charge is 0.394 e. The van der Waals surface area contributed by atoms with Crippen LogP contribution >= 0.6 is 0 Å². The van der Waals surface area contributed by atoms with E-state index in [-0.39, 0.29) is 18.9 Å². The topological polar surface area (TPSA) is 228 Å². The average Bonchev–Trinajstić information content (AvgIpc) is 2.07. The predicted molar refractivity (Wildman–Crippen MR) is 360 cm³/mol. The molecular formula is C74H143NO13. The number of hydrogen-bond donors (Lipinski definition) is 9. The molecule has 14 heteroatoms. The van der Waals surface area contributed by atoms with Crippen molar-refractivity contribution in [3.05, 3.63) is 12.2 Å². The number of allylic oxidation sites excluding steroid dienone is 1. The van der Waals surface area contributed by atoms with E-state index < -0.39 is 86.8 Å². The van der Waals surface area contributed by atoms with Gasteiger partial charge in [-0.3, -0.25) is 4.79 Å². The molecule has 14 nitrogen and oxygen atoms in total. The first-order valence-corrected chi connectivity index (χ1v) is 37.9. The van der Waals surface area contributed by atoms with E-state index >= 15 is 0 Å². The van der Waals surface area contributed by atoms with Crippen molar-refractivity contribution in [2.24, 2.45) is 0 Å². The number of aliphatic hydroxyl groups is 8. The number of ether oxygens (including phenoxy) is 4. The minimum Gasteiger partial charge on any atom is -0.394 e. The molecule has 1 amide bonds. The molecule has 2 rings (SSSR count). The van der Waals surface area contributed by atoms with Crippen LogP contribution in [0.2, 0.25) is 0 Å². The minimum atomic E-state index is -1.79. The summed E-state index contributed by atoms with van der Waals surface area (Å²) in [6, 6.07) is -0.912. The van der Waals surface area contributed by atoms with Crippen molar-refractivity contribution in [1.29, 1.82) is 0 Å². The lowest BCUT2D eigenvalue weighted by Crippen LogP contribution is -2.65. The van der Waals surface area contributed by atoms with Gasteiger partial charge in [0.2, 0.25) is 5.91 Å². The van der Waals surface area contributed by atoms with Gasteiger partial charge in [0.05, 0.1) is 32.0 Å². The second kappa shape index (κ2) is 59.5. The normalized spacial score (nSPS) is 23.1. The summed E-state index contributed by atoms with van der Waals surface area (Å²) < 4.78 is 22.9. The highest BCUT2D eigenvalue weighted by molar-refractivity contribution is 5.76. The Bertz CT molecular complexity index is 1520. The maximum Gasteiger partial charge on any atom is 0.220 e. The van der Waals surface area contributed by atoms with Gasteiger partial charge in [0, 0.05) is 6.42 Å². The molecule has 2 saturated heterocycles. The van der Waals surface area contributed by atoms with E-state index in [4.69, 9.17) is 18.9 Å². The second-order valence-electron chi connectivity index (χ2n) is 27.1.